The summed E-state index contributed by atoms with van der Waals surface area (Å²) in [5.74, 6) is 0.725. The molecular formula is C13H12N4. The van der Waals surface area contributed by atoms with Crippen molar-refractivity contribution in [3.8, 4) is 11.4 Å². The number of fused-ring (bicyclic) bond motifs is 1. The maximum absolute atomic E-state index is 4.34. The molecule has 0 spiro atoms. The van der Waals surface area contributed by atoms with Crippen LogP contribution in [0, 0.1) is 0 Å². The SMILES string of the molecule is CCc1cnn2cc(-c3ncccn3)ccc12. The molecule has 3 heterocycles. The Morgan fingerprint density at radius 2 is 2.00 bits per heavy atom. The highest BCUT2D eigenvalue weighted by atomic mass is 15.2. The Labute approximate surface area is 99.0 Å². The lowest BCUT2D eigenvalue weighted by Crippen LogP contribution is -1.92. The quantitative estimate of drug-likeness (QED) is 0.671. The van der Waals surface area contributed by atoms with E-state index in [2.05, 4.69) is 28.1 Å². The van der Waals surface area contributed by atoms with Gasteiger partial charge in [0, 0.05) is 24.2 Å². The maximum atomic E-state index is 4.34. The second kappa shape index (κ2) is 3.97. The Balaban J connectivity index is 2.15. The first-order valence-electron chi connectivity index (χ1n) is 5.62. The third-order valence-electron chi connectivity index (χ3n) is 2.80. The van der Waals surface area contributed by atoms with E-state index in [-0.39, 0.29) is 0 Å². The maximum Gasteiger partial charge on any atom is 0.160 e. The number of rotatable bonds is 2. The molecule has 0 fully saturated rings. The summed E-state index contributed by atoms with van der Waals surface area (Å²) in [5.41, 5.74) is 3.38. The van der Waals surface area contributed by atoms with Gasteiger partial charge in [0.05, 0.1) is 11.7 Å². The smallest absolute Gasteiger partial charge is 0.160 e. The van der Waals surface area contributed by atoms with Crippen LogP contribution < -0.4 is 0 Å². The van der Waals surface area contributed by atoms with Crippen LogP contribution in [0.5, 0.6) is 0 Å². The van der Waals surface area contributed by atoms with Crippen molar-refractivity contribution in [3.05, 3.63) is 48.5 Å². The first-order chi connectivity index (χ1) is 8.38. The Morgan fingerprint density at radius 3 is 2.76 bits per heavy atom. The Kier molecular flexibility index (Phi) is 2.33. The first-order valence-corrected chi connectivity index (χ1v) is 5.62. The van der Waals surface area contributed by atoms with Crippen molar-refractivity contribution < 1.29 is 0 Å². The summed E-state index contributed by atoms with van der Waals surface area (Å²) < 4.78 is 1.88. The van der Waals surface area contributed by atoms with E-state index in [1.54, 1.807) is 12.4 Å². The average Bonchev–Trinajstić information content (AvgIpc) is 2.81. The molecular weight excluding hydrogens is 212 g/mol. The van der Waals surface area contributed by atoms with Gasteiger partial charge in [0.1, 0.15) is 0 Å². The summed E-state index contributed by atoms with van der Waals surface area (Å²) in [4.78, 5) is 8.46. The molecule has 17 heavy (non-hydrogen) atoms. The monoisotopic (exact) mass is 224 g/mol. The summed E-state index contributed by atoms with van der Waals surface area (Å²) in [6, 6.07) is 5.91. The molecule has 0 aliphatic heterocycles. The van der Waals surface area contributed by atoms with E-state index in [9.17, 15) is 0 Å². The third kappa shape index (κ3) is 1.67. The highest BCUT2D eigenvalue weighted by Gasteiger charge is 2.05. The lowest BCUT2D eigenvalue weighted by atomic mass is 10.2. The van der Waals surface area contributed by atoms with Crippen LogP contribution in [0.25, 0.3) is 16.9 Å². The molecule has 4 nitrogen and oxygen atoms in total. The van der Waals surface area contributed by atoms with E-state index >= 15 is 0 Å². The molecule has 0 atom stereocenters. The van der Waals surface area contributed by atoms with Crippen LogP contribution in [-0.4, -0.2) is 19.6 Å². The van der Waals surface area contributed by atoms with Gasteiger partial charge >= 0.3 is 0 Å². The summed E-state index contributed by atoms with van der Waals surface area (Å²) in [7, 11) is 0. The van der Waals surface area contributed by atoms with Gasteiger partial charge in [-0.1, -0.05) is 6.92 Å². The molecule has 3 aromatic rings. The Hall–Kier alpha value is -2.23. The fourth-order valence-corrected chi connectivity index (χ4v) is 1.89. The molecule has 3 aromatic heterocycles. The van der Waals surface area contributed by atoms with Crippen molar-refractivity contribution in [1.29, 1.82) is 0 Å². The number of nitrogens with zero attached hydrogens (tertiary/aromatic N) is 4. The van der Waals surface area contributed by atoms with Crippen molar-refractivity contribution in [2.45, 2.75) is 13.3 Å². The minimum atomic E-state index is 0.725. The topological polar surface area (TPSA) is 43.1 Å². The van der Waals surface area contributed by atoms with Crippen LogP contribution in [0.15, 0.2) is 43.0 Å². The Morgan fingerprint density at radius 1 is 1.18 bits per heavy atom. The van der Waals surface area contributed by atoms with Gasteiger partial charge in [-0.15, -0.1) is 0 Å². The molecule has 0 saturated carbocycles. The van der Waals surface area contributed by atoms with Gasteiger partial charge in [-0.2, -0.15) is 5.10 Å². The van der Waals surface area contributed by atoms with Gasteiger partial charge in [-0.05, 0) is 30.2 Å². The fourth-order valence-electron chi connectivity index (χ4n) is 1.89. The van der Waals surface area contributed by atoms with E-state index in [0.29, 0.717) is 0 Å². The number of aromatic nitrogens is 4. The molecule has 3 rings (SSSR count). The molecule has 0 saturated heterocycles. The van der Waals surface area contributed by atoms with Crippen LogP contribution in [0.2, 0.25) is 0 Å². The van der Waals surface area contributed by atoms with Crippen molar-refractivity contribution in [2.75, 3.05) is 0 Å². The van der Waals surface area contributed by atoms with Gasteiger partial charge in [0.2, 0.25) is 0 Å². The fraction of sp³-hybridized carbons (Fsp3) is 0.154. The normalized spacial score (nSPS) is 10.9. The first kappa shape index (κ1) is 9.96. The Bertz CT molecular complexity index is 643. The van der Waals surface area contributed by atoms with E-state index in [0.717, 1.165) is 23.3 Å². The second-order valence-electron chi connectivity index (χ2n) is 3.84. The molecule has 0 aliphatic carbocycles. The van der Waals surface area contributed by atoms with E-state index in [4.69, 9.17) is 0 Å². The van der Waals surface area contributed by atoms with Crippen molar-refractivity contribution in [2.24, 2.45) is 0 Å². The van der Waals surface area contributed by atoms with E-state index < -0.39 is 0 Å². The van der Waals surface area contributed by atoms with Crippen molar-refractivity contribution >= 4 is 5.52 Å². The summed E-state index contributed by atoms with van der Waals surface area (Å²) in [6.45, 7) is 2.13. The number of aryl methyl sites for hydroxylation is 1. The van der Waals surface area contributed by atoms with Gasteiger partial charge in [-0.3, -0.25) is 0 Å². The van der Waals surface area contributed by atoms with E-state index in [1.807, 2.05) is 29.0 Å². The molecule has 0 N–H and O–H groups in total. The van der Waals surface area contributed by atoms with Gasteiger partial charge < -0.3 is 0 Å². The molecule has 0 aliphatic rings. The second-order valence-corrected chi connectivity index (χ2v) is 3.84. The molecule has 0 aromatic carbocycles. The molecule has 84 valence electrons. The van der Waals surface area contributed by atoms with Crippen LogP contribution >= 0.6 is 0 Å². The summed E-state index contributed by atoms with van der Waals surface area (Å²) >= 11 is 0. The van der Waals surface area contributed by atoms with Crippen LogP contribution in [0.4, 0.5) is 0 Å². The average molecular weight is 224 g/mol. The molecule has 0 radical (unpaired) electrons. The van der Waals surface area contributed by atoms with Crippen molar-refractivity contribution in [1.82, 2.24) is 19.6 Å². The predicted molar refractivity (Wildman–Crippen MR) is 65.6 cm³/mol. The lowest BCUT2D eigenvalue weighted by molar-refractivity contribution is 0.959. The van der Waals surface area contributed by atoms with Gasteiger partial charge in [-0.25, -0.2) is 14.5 Å². The summed E-state index contributed by atoms with van der Waals surface area (Å²) in [6.07, 6.45) is 8.35. The van der Waals surface area contributed by atoms with Crippen LogP contribution in [0.1, 0.15) is 12.5 Å². The summed E-state index contributed by atoms with van der Waals surface area (Å²) in [5, 5.41) is 4.34. The molecule has 0 amide bonds. The number of hydrogen-bond acceptors (Lipinski definition) is 3. The zero-order valence-electron chi connectivity index (χ0n) is 9.54. The molecule has 0 bridgehead atoms. The van der Waals surface area contributed by atoms with Crippen molar-refractivity contribution in [3.63, 3.8) is 0 Å². The van der Waals surface area contributed by atoms with Gasteiger partial charge in [0.15, 0.2) is 5.82 Å². The lowest BCUT2D eigenvalue weighted by Gasteiger charge is -2.01. The van der Waals surface area contributed by atoms with E-state index in [1.165, 1.54) is 5.56 Å². The third-order valence-corrected chi connectivity index (χ3v) is 2.80. The molecule has 0 unspecified atom stereocenters. The number of hydrogen-bond donors (Lipinski definition) is 0. The van der Waals surface area contributed by atoms with Crippen LogP contribution in [-0.2, 0) is 6.42 Å². The highest BCUT2D eigenvalue weighted by Crippen LogP contribution is 2.17. The standard InChI is InChI=1S/C13H12N4/c1-2-10-8-16-17-9-11(4-5-12(10)17)13-14-6-3-7-15-13/h3-9H,2H2,1H3. The predicted octanol–water partition coefficient (Wildman–Crippen LogP) is 2.35. The zero-order chi connectivity index (χ0) is 11.7. The van der Waals surface area contributed by atoms with Gasteiger partial charge in [0.25, 0.3) is 0 Å². The molecule has 4 heteroatoms. The minimum Gasteiger partial charge on any atom is -0.240 e. The largest absolute Gasteiger partial charge is 0.240 e. The highest BCUT2D eigenvalue weighted by molar-refractivity contribution is 5.61. The zero-order valence-corrected chi connectivity index (χ0v) is 9.54. The minimum absolute atomic E-state index is 0.725. The number of pyridine rings is 1. The van der Waals surface area contributed by atoms with Crippen LogP contribution in [0.3, 0.4) is 0 Å².